The number of carbonyl (C=O) groups excluding carboxylic acids is 1. The topological polar surface area (TPSA) is 67.2 Å². The van der Waals surface area contributed by atoms with E-state index in [4.69, 9.17) is 0 Å². The van der Waals surface area contributed by atoms with Gasteiger partial charge in [0.25, 0.3) is 5.91 Å². The molecule has 126 valence electrons. The number of amides is 1. The lowest BCUT2D eigenvalue weighted by atomic mass is 10.2. The van der Waals surface area contributed by atoms with Crippen molar-refractivity contribution in [3.8, 4) is 10.6 Å². The van der Waals surface area contributed by atoms with Gasteiger partial charge in [-0.05, 0) is 17.7 Å². The molecule has 1 heterocycles. The van der Waals surface area contributed by atoms with Crippen LogP contribution in [0.25, 0.3) is 10.6 Å². The maximum absolute atomic E-state index is 11.8. The molecule has 0 radical (unpaired) electrons. The van der Waals surface area contributed by atoms with Gasteiger partial charge in [0, 0.05) is 10.0 Å². The van der Waals surface area contributed by atoms with Gasteiger partial charge in [0.1, 0.15) is 5.01 Å². The molecule has 0 saturated carbocycles. The maximum Gasteiger partial charge on any atom is 0.250 e. The molecule has 0 fully saturated rings. The van der Waals surface area contributed by atoms with Crippen LogP contribution in [0, 0.1) is 0 Å². The van der Waals surface area contributed by atoms with Gasteiger partial charge in [0.15, 0.2) is 4.34 Å². The molecule has 0 aliphatic carbocycles. The molecule has 3 rings (SSSR count). The molecule has 1 N–H and O–H groups in total. The second-order valence-corrected chi connectivity index (χ2v) is 7.99. The van der Waals surface area contributed by atoms with Crippen molar-refractivity contribution in [3.05, 3.63) is 64.6 Å². The number of hydrazone groups is 1. The van der Waals surface area contributed by atoms with E-state index in [1.807, 2.05) is 54.6 Å². The summed E-state index contributed by atoms with van der Waals surface area (Å²) in [5, 5.41) is 13.1. The van der Waals surface area contributed by atoms with Crippen LogP contribution < -0.4 is 5.43 Å². The molecule has 1 amide bonds. The Morgan fingerprint density at radius 3 is 2.68 bits per heavy atom. The van der Waals surface area contributed by atoms with Crippen molar-refractivity contribution >= 4 is 51.2 Å². The lowest BCUT2D eigenvalue weighted by Crippen LogP contribution is -2.19. The van der Waals surface area contributed by atoms with Crippen LogP contribution in [0.15, 0.2) is 68.5 Å². The highest BCUT2D eigenvalue weighted by atomic mass is 79.9. The molecule has 1 aromatic heterocycles. The third-order valence-electron chi connectivity index (χ3n) is 3.03. The summed E-state index contributed by atoms with van der Waals surface area (Å²) in [5.41, 5.74) is 4.44. The van der Waals surface area contributed by atoms with Gasteiger partial charge < -0.3 is 0 Å². The first-order chi connectivity index (χ1) is 12.2. The van der Waals surface area contributed by atoms with Crippen LogP contribution in [-0.4, -0.2) is 28.1 Å². The monoisotopic (exact) mass is 432 g/mol. The second kappa shape index (κ2) is 8.89. The average Bonchev–Trinajstić information content (AvgIpc) is 3.11. The molecule has 2 aromatic carbocycles. The minimum absolute atomic E-state index is 0.185. The minimum Gasteiger partial charge on any atom is -0.272 e. The first-order valence-corrected chi connectivity index (χ1v) is 9.89. The average molecular weight is 433 g/mol. The number of nitrogens with one attached hydrogen (secondary N) is 1. The second-order valence-electron chi connectivity index (χ2n) is 4.87. The molecule has 25 heavy (non-hydrogen) atoms. The first kappa shape index (κ1) is 17.8. The van der Waals surface area contributed by atoms with Crippen molar-refractivity contribution in [2.24, 2.45) is 5.10 Å². The summed E-state index contributed by atoms with van der Waals surface area (Å²) in [7, 11) is 0. The predicted octanol–water partition coefficient (Wildman–Crippen LogP) is 4.21. The van der Waals surface area contributed by atoms with Crippen LogP contribution in [-0.2, 0) is 4.79 Å². The van der Waals surface area contributed by atoms with Crippen LogP contribution in [0.3, 0.4) is 0 Å². The zero-order valence-corrected chi connectivity index (χ0v) is 16.1. The fraction of sp³-hybridized carbons (Fsp3) is 0.0588. The summed E-state index contributed by atoms with van der Waals surface area (Å²) in [6, 6.07) is 17.5. The molecule has 0 atom stereocenters. The highest BCUT2D eigenvalue weighted by molar-refractivity contribution is 9.10. The number of benzene rings is 2. The standard InChI is InChI=1S/C17H13BrN4OS2/c18-14-8-6-12(7-9-14)10-19-20-15(23)11-24-17-22-21-16(25-17)13-4-2-1-3-5-13/h1-10H,11H2,(H,20,23). The number of carbonyl (C=O) groups is 1. The van der Waals surface area contributed by atoms with Gasteiger partial charge >= 0.3 is 0 Å². The Hall–Kier alpha value is -2.03. The summed E-state index contributed by atoms with van der Waals surface area (Å²) in [6.45, 7) is 0. The van der Waals surface area contributed by atoms with E-state index in [0.717, 1.165) is 24.9 Å². The Bertz CT molecular complexity index is 866. The van der Waals surface area contributed by atoms with Crippen molar-refractivity contribution in [2.75, 3.05) is 5.75 Å². The van der Waals surface area contributed by atoms with Gasteiger partial charge in [0.05, 0.1) is 12.0 Å². The quantitative estimate of drug-likeness (QED) is 0.359. The van der Waals surface area contributed by atoms with Crippen molar-refractivity contribution in [1.82, 2.24) is 15.6 Å². The zero-order valence-electron chi connectivity index (χ0n) is 12.9. The minimum atomic E-state index is -0.185. The molecular weight excluding hydrogens is 420 g/mol. The Balaban J connectivity index is 1.48. The van der Waals surface area contributed by atoms with Crippen molar-refractivity contribution < 1.29 is 4.79 Å². The molecule has 0 saturated heterocycles. The van der Waals surface area contributed by atoms with E-state index in [1.54, 1.807) is 6.21 Å². The first-order valence-electron chi connectivity index (χ1n) is 7.30. The molecule has 0 spiro atoms. The highest BCUT2D eigenvalue weighted by Crippen LogP contribution is 2.28. The normalized spacial score (nSPS) is 10.9. The molecule has 3 aromatic rings. The third-order valence-corrected chi connectivity index (χ3v) is 5.66. The van der Waals surface area contributed by atoms with Crippen LogP contribution in [0.1, 0.15) is 5.56 Å². The van der Waals surface area contributed by atoms with E-state index in [1.165, 1.54) is 23.1 Å². The van der Waals surface area contributed by atoms with Gasteiger partial charge in [-0.25, -0.2) is 5.43 Å². The van der Waals surface area contributed by atoms with E-state index in [0.29, 0.717) is 0 Å². The van der Waals surface area contributed by atoms with Crippen molar-refractivity contribution in [1.29, 1.82) is 0 Å². The molecular formula is C17H13BrN4OS2. The zero-order chi connectivity index (χ0) is 17.5. The predicted molar refractivity (Wildman–Crippen MR) is 106 cm³/mol. The molecule has 0 aliphatic rings. The Morgan fingerprint density at radius 2 is 1.92 bits per heavy atom. The van der Waals surface area contributed by atoms with Gasteiger partial charge in [-0.15, -0.1) is 10.2 Å². The smallest absolute Gasteiger partial charge is 0.250 e. The fourth-order valence-corrected chi connectivity index (χ4v) is 3.77. The number of hydrogen-bond acceptors (Lipinski definition) is 6. The van der Waals surface area contributed by atoms with Gasteiger partial charge in [-0.2, -0.15) is 5.10 Å². The van der Waals surface area contributed by atoms with E-state index >= 15 is 0 Å². The van der Waals surface area contributed by atoms with Crippen LogP contribution in [0.4, 0.5) is 0 Å². The van der Waals surface area contributed by atoms with Crippen LogP contribution >= 0.6 is 39.0 Å². The number of thioether (sulfide) groups is 1. The largest absolute Gasteiger partial charge is 0.272 e. The van der Waals surface area contributed by atoms with E-state index in [2.05, 4.69) is 36.7 Å². The van der Waals surface area contributed by atoms with E-state index < -0.39 is 0 Å². The lowest BCUT2D eigenvalue weighted by molar-refractivity contribution is -0.118. The summed E-state index contributed by atoms with van der Waals surface area (Å²) >= 11 is 6.18. The van der Waals surface area contributed by atoms with Gasteiger partial charge in [-0.1, -0.05) is 81.5 Å². The Kier molecular flexibility index (Phi) is 6.32. The summed E-state index contributed by atoms with van der Waals surface area (Å²) in [5.74, 6) is 0.0519. The van der Waals surface area contributed by atoms with Crippen LogP contribution in [0.2, 0.25) is 0 Å². The molecule has 0 bridgehead atoms. The van der Waals surface area contributed by atoms with Crippen molar-refractivity contribution in [2.45, 2.75) is 4.34 Å². The number of halogens is 1. The molecule has 5 nitrogen and oxygen atoms in total. The summed E-state index contributed by atoms with van der Waals surface area (Å²) in [6.07, 6.45) is 1.60. The fourth-order valence-electron chi connectivity index (χ4n) is 1.85. The van der Waals surface area contributed by atoms with Gasteiger partial charge in [-0.3, -0.25) is 4.79 Å². The number of aromatic nitrogens is 2. The maximum atomic E-state index is 11.8. The SMILES string of the molecule is O=C(CSc1nnc(-c2ccccc2)s1)NN=Cc1ccc(Br)cc1. The summed E-state index contributed by atoms with van der Waals surface area (Å²) in [4.78, 5) is 11.8. The molecule has 8 heteroatoms. The Labute approximate surface area is 161 Å². The molecule has 0 unspecified atom stereocenters. The van der Waals surface area contributed by atoms with Crippen LogP contribution in [0.5, 0.6) is 0 Å². The summed E-state index contributed by atoms with van der Waals surface area (Å²) < 4.78 is 1.75. The number of hydrogen-bond donors (Lipinski definition) is 1. The van der Waals surface area contributed by atoms with Crippen molar-refractivity contribution in [3.63, 3.8) is 0 Å². The van der Waals surface area contributed by atoms with Gasteiger partial charge in [0.2, 0.25) is 0 Å². The highest BCUT2D eigenvalue weighted by Gasteiger charge is 2.09. The number of nitrogens with zero attached hydrogens (tertiary/aromatic N) is 3. The Morgan fingerprint density at radius 1 is 1.16 bits per heavy atom. The third kappa shape index (κ3) is 5.48. The van der Waals surface area contributed by atoms with E-state index in [9.17, 15) is 4.79 Å². The lowest BCUT2D eigenvalue weighted by Gasteiger charge is -1.97. The number of rotatable bonds is 6. The van der Waals surface area contributed by atoms with E-state index in [-0.39, 0.29) is 11.7 Å². The molecule has 0 aliphatic heterocycles.